The van der Waals surface area contributed by atoms with Crippen LogP contribution in [0.4, 0.5) is 11.5 Å². The van der Waals surface area contributed by atoms with E-state index in [0.717, 1.165) is 57.0 Å². The number of carboxylic acids is 1. The molecule has 0 aliphatic carbocycles. The number of ether oxygens (including phenoxy) is 1. The highest BCUT2D eigenvalue weighted by Crippen LogP contribution is 2.32. The van der Waals surface area contributed by atoms with Crippen molar-refractivity contribution >= 4 is 39.6 Å². The van der Waals surface area contributed by atoms with E-state index in [1.54, 1.807) is 30.6 Å². The predicted molar refractivity (Wildman–Crippen MR) is 125 cm³/mol. The molecule has 0 atom stereocenters. The number of anilines is 2. The molecule has 0 spiro atoms. The van der Waals surface area contributed by atoms with Gasteiger partial charge in [-0.05, 0) is 47.9 Å². The number of aromatic nitrogens is 2. The van der Waals surface area contributed by atoms with Gasteiger partial charge in [0.2, 0.25) is 0 Å². The first-order valence-electron chi connectivity index (χ1n) is 10.1. The number of nitrogens with zero attached hydrogens (tertiary/aromatic N) is 2. The summed E-state index contributed by atoms with van der Waals surface area (Å²) in [6.07, 6.45) is 1.63. The van der Waals surface area contributed by atoms with E-state index in [2.05, 4.69) is 19.2 Å². The number of aryl methyl sites for hydroxylation is 1. The van der Waals surface area contributed by atoms with Crippen molar-refractivity contribution in [3.63, 3.8) is 0 Å². The number of fused-ring (bicyclic) bond motifs is 1. The molecule has 0 aliphatic rings. The SMILES string of the molecule is CCc1nc(-c2cc(OC)cs2)nc(Nc2ccc3cc(C(=O)O)ccc3c2)c1CC. The Hall–Kier alpha value is -3.45. The molecule has 2 aromatic carbocycles. The van der Waals surface area contributed by atoms with E-state index in [0.29, 0.717) is 5.82 Å². The van der Waals surface area contributed by atoms with Gasteiger partial charge in [0.15, 0.2) is 5.82 Å². The molecule has 4 rings (SSSR count). The number of aromatic carboxylic acids is 1. The van der Waals surface area contributed by atoms with Crippen LogP contribution in [-0.4, -0.2) is 28.2 Å². The Morgan fingerprint density at radius 3 is 2.52 bits per heavy atom. The van der Waals surface area contributed by atoms with Crippen LogP contribution in [0.5, 0.6) is 5.75 Å². The van der Waals surface area contributed by atoms with Crippen molar-refractivity contribution in [3.05, 3.63) is 64.7 Å². The van der Waals surface area contributed by atoms with E-state index in [9.17, 15) is 9.90 Å². The fraction of sp³-hybridized carbons (Fsp3) is 0.208. The molecule has 4 aromatic rings. The van der Waals surface area contributed by atoms with Gasteiger partial charge in [-0.3, -0.25) is 0 Å². The summed E-state index contributed by atoms with van der Waals surface area (Å²) in [6.45, 7) is 4.20. The average Bonchev–Trinajstić information content (AvgIpc) is 3.27. The minimum Gasteiger partial charge on any atom is -0.496 e. The maximum atomic E-state index is 11.2. The lowest BCUT2D eigenvalue weighted by Crippen LogP contribution is -2.06. The van der Waals surface area contributed by atoms with Crippen LogP contribution < -0.4 is 10.1 Å². The minimum atomic E-state index is -0.928. The molecule has 0 fully saturated rings. The van der Waals surface area contributed by atoms with Crippen molar-refractivity contribution in [1.82, 2.24) is 9.97 Å². The molecule has 0 amide bonds. The molecule has 7 heteroatoms. The number of carboxylic acid groups (broad SMARTS) is 1. The summed E-state index contributed by atoms with van der Waals surface area (Å²) in [5, 5.41) is 16.5. The number of benzene rings is 2. The van der Waals surface area contributed by atoms with Crippen LogP contribution in [0.3, 0.4) is 0 Å². The first kappa shape index (κ1) is 20.8. The number of methoxy groups -OCH3 is 1. The second kappa shape index (κ2) is 8.73. The Kier molecular flexibility index (Phi) is 5.86. The average molecular weight is 434 g/mol. The van der Waals surface area contributed by atoms with Crippen LogP contribution >= 0.6 is 11.3 Å². The van der Waals surface area contributed by atoms with Gasteiger partial charge >= 0.3 is 5.97 Å². The van der Waals surface area contributed by atoms with Crippen LogP contribution in [0, 0.1) is 0 Å². The molecule has 0 unspecified atom stereocenters. The summed E-state index contributed by atoms with van der Waals surface area (Å²) in [6, 6.07) is 12.9. The second-order valence-electron chi connectivity index (χ2n) is 7.09. The van der Waals surface area contributed by atoms with Gasteiger partial charge in [0.1, 0.15) is 11.6 Å². The number of hydrogen-bond donors (Lipinski definition) is 2. The fourth-order valence-electron chi connectivity index (χ4n) is 3.54. The first-order valence-corrected chi connectivity index (χ1v) is 11.0. The maximum Gasteiger partial charge on any atom is 0.335 e. The summed E-state index contributed by atoms with van der Waals surface area (Å²) >= 11 is 1.55. The third-order valence-electron chi connectivity index (χ3n) is 5.16. The molecule has 2 heterocycles. The Balaban J connectivity index is 1.74. The zero-order valence-electron chi connectivity index (χ0n) is 17.6. The number of rotatable bonds is 7. The molecule has 2 aromatic heterocycles. The van der Waals surface area contributed by atoms with Crippen LogP contribution in [0.1, 0.15) is 35.5 Å². The number of hydrogen-bond acceptors (Lipinski definition) is 6. The highest BCUT2D eigenvalue weighted by molar-refractivity contribution is 7.13. The lowest BCUT2D eigenvalue weighted by molar-refractivity contribution is 0.0697. The second-order valence-corrected chi connectivity index (χ2v) is 8.00. The molecule has 0 aliphatic heterocycles. The van der Waals surface area contributed by atoms with E-state index in [4.69, 9.17) is 14.7 Å². The van der Waals surface area contributed by atoms with Gasteiger partial charge in [0.25, 0.3) is 0 Å². The van der Waals surface area contributed by atoms with Gasteiger partial charge in [-0.25, -0.2) is 14.8 Å². The molecule has 31 heavy (non-hydrogen) atoms. The van der Waals surface area contributed by atoms with E-state index >= 15 is 0 Å². The van der Waals surface area contributed by atoms with Crippen LogP contribution in [0.25, 0.3) is 21.5 Å². The molecule has 0 saturated carbocycles. The summed E-state index contributed by atoms with van der Waals surface area (Å²) in [5.74, 6) is 1.34. The van der Waals surface area contributed by atoms with Crippen LogP contribution in [0.15, 0.2) is 47.8 Å². The highest BCUT2D eigenvalue weighted by atomic mass is 32.1. The highest BCUT2D eigenvalue weighted by Gasteiger charge is 2.15. The lowest BCUT2D eigenvalue weighted by Gasteiger charge is -2.15. The summed E-state index contributed by atoms with van der Waals surface area (Å²) < 4.78 is 5.31. The Labute approximate surface area is 184 Å². The molecule has 0 saturated heterocycles. The van der Waals surface area contributed by atoms with Crippen LogP contribution in [-0.2, 0) is 12.8 Å². The van der Waals surface area contributed by atoms with E-state index in [1.807, 2.05) is 35.7 Å². The standard InChI is InChI=1S/C24H23N3O3S/c1-4-19-20(5-2)26-23(21-12-18(30-3)13-31-21)27-22(19)25-17-9-8-14-10-16(24(28)29)7-6-15(14)11-17/h6-13H,4-5H2,1-3H3,(H,28,29)(H,25,26,27). The zero-order valence-corrected chi connectivity index (χ0v) is 18.4. The van der Waals surface area contributed by atoms with Crippen molar-refractivity contribution in [3.8, 4) is 16.5 Å². The summed E-state index contributed by atoms with van der Waals surface area (Å²) in [7, 11) is 1.65. The molecule has 158 valence electrons. The monoisotopic (exact) mass is 433 g/mol. The van der Waals surface area contributed by atoms with E-state index < -0.39 is 5.97 Å². The number of carbonyl (C=O) groups is 1. The van der Waals surface area contributed by atoms with Crippen molar-refractivity contribution < 1.29 is 14.6 Å². The van der Waals surface area contributed by atoms with Gasteiger partial charge < -0.3 is 15.2 Å². The quantitative estimate of drug-likeness (QED) is 0.376. The van der Waals surface area contributed by atoms with Gasteiger partial charge in [-0.1, -0.05) is 26.0 Å². The van der Waals surface area contributed by atoms with Gasteiger partial charge in [0.05, 0.1) is 17.6 Å². The molecular weight excluding hydrogens is 410 g/mol. The summed E-state index contributed by atoms with van der Waals surface area (Å²) in [4.78, 5) is 21.8. The number of thiophene rings is 1. The normalized spacial score (nSPS) is 10.9. The third-order valence-corrected chi connectivity index (χ3v) is 6.07. The largest absolute Gasteiger partial charge is 0.496 e. The van der Waals surface area contributed by atoms with E-state index in [-0.39, 0.29) is 5.56 Å². The lowest BCUT2D eigenvalue weighted by atomic mass is 10.1. The van der Waals surface area contributed by atoms with Gasteiger partial charge in [-0.2, -0.15) is 0 Å². The van der Waals surface area contributed by atoms with Crippen LogP contribution in [0.2, 0.25) is 0 Å². The topological polar surface area (TPSA) is 84.3 Å². The van der Waals surface area contributed by atoms with Gasteiger partial charge in [0, 0.05) is 28.4 Å². The molecule has 0 radical (unpaired) electrons. The first-order chi connectivity index (χ1) is 15.0. The molecular formula is C24H23N3O3S. The zero-order chi connectivity index (χ0) is 22.0. The minimum absolute atomic E-state index is 0.279. The van der Waals surface area contributed by atoms with Crippen molar-refractivity contribution in [2.75, 3.05) is 12.4 Å². The fourth-order valence-corrected chi connectivity index (χ4v) is 4.33. The third kappa shape index (κ3) is 4.22. The molecule has 6 nitrogen and oxygen atoms in total. The van der Waals surface area contributed by atoms with Crippen molar-refractivity contribution in [2.45, 2.75) is 26.7 Å². The Morgan fingerprint density at radius 1 is 1.06 bits per heavy atom. The molecule has 0 bridgehead atoms. The maximum absolute atomic E-state index is 11.2. The smallest absolute Gasteiger partial charge is 0.335 e. The van der Waals surface area contributed by atoms with Crippen molar-refractivity contribution in [2.24, 2.45) is 0 Å². The predicted octanol–water partition coefficient (Wildman–Crippen LogP) is 5.93. The summed E-state index contributed by atoms with van der Waals surface area (Å²) in [5.41, 5.74) is 3.28. The Bertz CT molecular complexity index is 1270. The molecule has 2 N–H and O–H groups in total. The van der Waals surface area contributed by atoms with Gasteiger partial charge in [-0.15, -0.1) is 11.3 Å². The number of nitrogens with one attached hydrogen (secondary N) is 1. The van der Waals surface area contributed by atoms with Crippen molar-refractivity contribution in [1.29, 1.82) is 0 Å². The Morgan fingerprint density at radius 2 is 1.84 bits per heavy atom. The van der Waals surface area contributed by atoms with E-state index in [1.165, 1.54) is 0 Å².